The third-order valence-corrected chi connectivity index (χ3v) is 7.47. The van der Waals surface area contributed by atoms with Crippen LogP contribution in [0, 0.1) is 12.8 Å². The van der Waals surface area contributed by atoms with Crippen LogP contribution in [0.1, 0.15) is 24.2 Å². The van der Waals surface area contributed by atoms with Gasteiger partial charge in [0.15, 0.2) is 5.03 Å². The molecule has 1 aromatic carbocycles. The summed E-state index contributed by atoms with van der Waals surface area (Å²) >= 11 is 0. The van der Waals surface area contributed by atoms with Gasteiger partial charge in [0.2, 0.25) is 5.91 Å². The average molecular weight is 451 g/mol. The van der Waals surface area contributed by atoms with Gasteiger partial charge in [0.1, 0.15) is 17.3 Å². The van der Waals surface area contributed by atoms with Crippen molar-refractivity contribution < 1.29 is 22.7 Å². The largest absolute Gasteiger partial charge is 0.497 e. The van der Waals surface area contributed by atoms with E-state index in [1.54, 1.807) is 32.8 Å². The zero-order valence-electron chi connectivity index (χ0n) is 18.4. The van der Waals surface area contributed by atoms with Gasteiger partial charge in [-0.3, -0.25) is 4.79 Å². The molecule has 1 N–H and O–H groups in total. The van der Waals surface area contributed by atoms with E-state index >= 15 is 0 Å². The van der Waals surface area contributed by atoms with Gasteiger partial charge in [-0.25, -0.2) is 13.4 Å². The van der Waals surface area contributed by atoms with Gasteiger partial charge >= 0.3 is 0 Å². The third kappa shape index (κ3) is 5.19. The Balaban J connectivity index is 1.50. The summed E-state index contributed by atoms with van der Waals surface area (Å²) in [5, 5.41) is 3.03. The number of carbonyl (C=O) groups excluding carboxylic acids is 1. The van der Waals surface area contributed by atoms with E-state index in [1.165, 1.54) is 10.5 Å². The van der Waals surface area contributed by atoms with Gasteiger partial charge in [0.05, 0.1) is 14.2 Å². The lowest BCUT2D eigenvalue weighted by molar-refractivity contribution is -0.126. The smallest absolute Gasteiger partial charge is 0.262 e. The summed E-state index contributed by atoms with van der Waals surface area (Å²) in [7, 11) is 1.33. The number of hydrogen-bond acceptors (Lipinski definition) is 6. The minimum atomic E-state index is -3.63. The Morgan fingerprint density at radius 3 is 2.52 bits per heavy atom. The van der Waals surface area contributed by atoms with Crippen molar-refractivity contribution in [3.8, 4) is 11.5 Å². The van der Waals surface area contributed by atoms with E-state index in [-0.39, 0.29) is 16.9 Å². The minimum Gasteiger partial charge on any atom is -0.497 e. The van der Waals surface area contributed by atoms with E-state index in [9.17, 15) is 13.2 Å². The summed E-state index contributed by atoms with van der Waals surface area (Å²) in [6.07, 6.45) is 3.13. The predicted octanol–water partition coefficient (Wildman–Crippen LogP) is 1.51. The number of ether oxygens (including phenoxy) is 2. The molecular weight excluding hydrogens is 420 g/mol. The van der Waals surface area contributed by atoms with Crippen molar-refractivity contribution in [2.24, 2.45) is 13.0 Å². The van der Waals surface area contributed by atoms with Gasteiger partial charge in [-0.15, -0.1) is 0 Å². The van der Waals surface area contributed by atoms with Gasteiger partial charge in [-0.1, -0.05) is 6.07 Å². The highest BCUT2D eigenvalue weighted by atomic mass is 32.2. The number of rotatable bonds is 8. The summed E-state index contributed by atoms with van der Waals surface area (Å²) in [5.74, 6) is 1.83. The van der Waals surface area contributed by atoms with Crippen LogP contribution < -0.4 is 14.8 Å². The Hall–Kier alpha value is -2.59. The molecule has 3 rings (SSSR count). The van der Waals surface area contributed by atoms with Crippen LogP contribution in [0.25, 0.3) is 0 Å². The lowest BCUT2D eigenvalue weighted by Crippen LogP contribution is -2.43. The predicted molar refractivity (Wildman–Crippen MR) is 116 cm³/mol. The molecule has 1 aliphatic heterocycles. The molecule has 0 spiro atoms. The molecule has 9 nitrogen and oxygen atoms in total. The Bertz CT molecular complexity index is 1010. The third-order valence-electron chi connectivity index (χ3n) is 5.70. The molecule has 1 saturated heterocycles. The standard InChI is InChI=1S/C21H30N4O5S/c1-15-23-20(14-24(15)2)31(27,28)25-11-8-17(9-12-25)21(26)22-10-7-16-5-6-18(29-3)13-19(16)30-4/h5-6,13-14,17H,7-12H2,1-4H3,(H,22,26). The Morgan fingerprint density at radius 2 is 1.94 bits per heavy atom. The van der Waals surface area contributed by atoms with Crippen LogP contribution in [0.15, 0.2) is 29.4 Å². The number of aromatic nitrogens is 2. The molecule has 0 bridgehead atoms. The summed E-state index contributed by atoms with van der Waals surface area (Å²) in [6, 6.07) is 5.60. The van der Waals surface area contributed by atoms with Gasteiger partial charge < -0.3 is 19.4 Å². The van der Waals surface area contributed by atoms with Crippen molar-refractivity contribution in [1.82, 2.24) is 19.2 Å². The molecule has 2 aromatic rings. The molecule has 170 valence electrons. The van der Waals surface area contributed by atoms with Crippen LogP contribution >= 0.6 is 0 Å². The molecule has 10 heteroatoms. The first-order valence-electron chi connectivity index (χ1n) is 10.2. The van der Waals surface area contributed by atoms with Crippen LogP contribution in [0.4, 0.5) is 0 Å². The Morgan fingerprint density at radius 1 is 1.23 bits per heavy atom. The van der Waals surface area contributed by atoms with Gasteiger partial charge in [-0.05, 0) is 37.8 Å². The first kappa shape index (κ1) is 23.1. The highest BCUT2D eigenvalue weighted by Gasteiger charge is 2.33. The molecule has 0 atom stereocenters. The van der Waals surface area contributed by atoms with Crippen LogP contribution in [0.3, 0.4) is 0 Å². The summed E-state index contributed by atoms with van der Waals surface area (Å²) < 4.78 is 39.3. The van der Waals surface area contributed by atoms with Gasteiger partial charge in [-0.2, -0.15) is 4.31 Å². The molecule has 1 fully saturated rings. The molecule has 2 heterocycles. The normalized spacial score (nSPS) is 15.6. The summed E-state index contributed by atoms with van der Waals surface area (Å²) in [6.45, 7) is 2.86. The number of nitrogens with zero attached hydrogens (tertiary/aromatic N) is 3. The second kappa shape index (κ2) is 9.69. The maximum atomic E-state index is 12.8. The molecule has 0 saturated carbocycles. The molecular formula is C21H30N4O5S. The van der Waals surface area contributed by atoms with Gasteiger partial charge in [0, 0.05) is 44.9 Å². The minimum absolute atomic E-state index is 0.0433. The fourth-order valence-corrected chi connectivity index (χ4v) is 5.16. The zero-order valence-corrected chi connectivity index (χ0v) is 19.2. The van der Waals surface area contributed by atoms with E-state index in [2.05, 4.69) is 10.3 Å². The van der Waals surface area contributed by atoms with Crippen LogP contribution in [-0.4, -0.2) is 62.0 Å². The van der Waals surface area contributed by atoms with Crippen molar-refractivity contribution in [3.05, 3.63) is 35.8 Å². The fraction of sp³-hybridized carbons (Fsp3) is 0.524. The number of sulfonamides is 1. The fourth-order valence-electron chi connectivity index (χ4n) is 3.66. The van der Waals surface area contributed by atoms with E-state index in [1.807, 2.05) is 18.2 Å². The number of amides is 1. The number of aryl methyl sites for hydroxylation is 2. The molecule has 0 unspecified atom stereocenters. The number of benzene rings is 1. The van der Waals surface area contributed by atoms with Crippen molar-refractivity contribution in [2.45, 2.75) is 31.2 Å². The lowest BCUT2D eigenvalue weighted by Gasteiger charge is -2.30. The van der Waals surface area contributed by atoms with Crippen LogP contribution in [0.2, 0.25) is 0 Å². The second-order valence-electron chi connectivity index (χ2n) is 7.63. The molecule has 31 heavy (non-hydrogen) atoms. The molecule has 1 aromatic heterocycles. The van der Waals surface area contributed by atoms with E-state index in [4.69, 9.17) is 9.47 Å². The molecule has 0 radical (unpaired) electrons. The highest BCUT2D eigenvalue weighted by molar-refractivity contribution is 7.89. The molecule has 1 aliphatic rings. The van der Waals surface area contributed by atoms with Crippen LogP contribution in [-0.2, 0) is 28.3 Å². The number of nitrogens with one attached hydrogen (secondary N) is 1. The molecule has 1 amide bonds. The number of imidazole rings is 1. The number of methoxy groups -OCH3 is 2. The summed E-state index contributed by atoms with van der Waals surface area (Å²) in [4.78, 5) is 16.7. The van der Waals surface area contributed by atoms with E-state index < -0.39 is 10.0 Å². The van der Waals surface area contributed by atoms with Crippen molar-refractivity contribution in [3.63, 3.8) is 0 Å². The molecule has 0 aliphatic carbocycles. The number of hydrogen-bond donors (Lipinski definition) is 1. The SMILES string of the molecule is COc1ccc(CCNC(=O)C2CCN(S(=O)(=O)c3cn(C)c(C)n3)CC2)c(OC)c1. The zero-order chi connectivity index (χ0) is 22.6. The lowest BCUT2D eigenvalue weighted by atomic mass is 9.97. The first-order chi connectivity index (χ1) is 14.8. The van der Waals surface area contributed by atoms with Crippen molar-refractivity contribution in [2.75, 3.05) is 33.9 Å². The first-order valence-corrected chi connectivity index (χ1v) is 11.7. The van der Waals surface area contributed by atoms with Crippen LogP contribution in [0.5, 0.6) is 11.5 Å². The number of carbonyl (C=O) groups is 1. The highest BCUT2D eigenvalue weighted by Crippen LogP contribution is 2.25. The maximum absolute atomic E-state index is 12.8. The van der Waals surface area contributed by atoms with Crippen molar-refractivity contribution in [1.29, 1.82) is 0 Å². The van der Waals surface area contributed by atoms with Crippen molar-refractivity contribution >= 4 is 15.9 Å². The average Bonchev–Trinajstić information content (AvgIpc) is 3.13. The summed E-state index contributed by atoms with van der Waals surface area (Å²) in [5.41, 5.74) is 0.982. The number of piperidine rings is 1. The van der Waals surface area contributed by atoms with Gasteiger partial charge in [0.25, 0.3) is 10.0 Å². The monoisotopic (exact) mass is 450 g/mol. The second-order valence-corrected chi connectivity index (χ2v) is 9.52. The Labute approximate surface area is 183 Å². The van der Waals surface area contributed by atoms with E-state index in [0.29, 0.717) is 50.5 Å². The Kier molecular flexibility index (Phi) is 7.22. The topological polar surface area (TPSA) is 103 Å². The maximum Gasteiger partial charge on any atom is 0.262 e. The quantitative estimate of drug-likeness (QED) is 0.654. The van der Waals surface area contributed by atoms with E-state index in [0.717, 1.165) is 11.3 Å².